The lowest BCUT2D eigenvalue weighted by molar-refractivity contribution is 0.236. The zero-order valence-electron chi connectivity index (χ0n) is 6.66. The molecule has 3 heteroatoms. The van der Waals surface area contributed by atoms with Gasteiger partial charge in [-0.15, -0.1) is 0 Å². The minimum atomic E-state index is -0.364. The predicted octanol–water partition coefficient (Wildman–Crippen LogP) is 2.18. The molecule has 0 unspecified atom stereocenters. The summed E-state index contributed by atoms with van der Waals surface area (Å²) in [5, 5.41) is 0. The molecule has 2 amide bonds. The maximum absolute atomic E-state index is 10.9. The van der Waals surface area contributed by atoms with Crippen LogP contribution >= 0.6 is 0 Å². The summed E-state index contributed by atoms with van der Waals surface area (Å²) in [6.07, 6.45) is 5.01. The molecule has 0 aromatic carbocycles. The average Bonchev–Trinajstić information content (AvgIpc) is 2.03. The van der Waals surface area contributed by atoms with Gasteiger partial charge in [-0.05, 0) is 6.42 Å². The zero-order valence-corrected chi connectivity index (χ0v) is 6.66. The van der Waals surface area contributed by atoms with Crippen molar-refractivity contribution in [1.82, 2.24) is 4.90 Å². The standard InChI is InChI=1S/C8H12N2O/c1-4-7-9-8(11)10(5-2)6-3/h5-7H,2-4H2,1H3/b9-7+. The summed E-state index contributed by atoms with van der Waals surface area (Å²) in [7, 11) is 0. The zero-order chi connectivity index (χ0) is 8.69. The van der Waals surface area contributed by atoms with E-state index in [0.29, 0.717) is 0 Å². The smallest absolute Gasteiger partial charge is 0.276 e. The van der Waals surface area contributed by atoms with Crippen molar-refractivity contribution in [1.29, 1.82) is 0 Å². The lowest BCUT2D eigenvalue weighted by Gasteiger charge is -2.06. The van der Waals surface area contributed by atoms with Gasteiger partial charge in [0.1, 0.15) is 0 Å². The van der Waals surface area contributed by atoms with Crippen LogP contribution in [0.4, 0.5) is 4.79 Å². The fourth-order valence-corrected chi connectivity index (χ4v) is 0.467. The van der Waals surface area contributed by atoms with Gasteiger partial charge in [0.15, 0.2) is 0 Å². The van der Waals surface area contributed by atoms with E-state index in [2.05, 4.69) is 18.2 Å². The van der Waals surface area contributed by atoms with Gasteiger partial charge in [0.2, 0.25) is 0 Å². The first-order valence-electron chi connectivity index (χ1n) is 3.36. The predicted molar refractivity (Wildman–Crippen MR) is 46.4 cm³/mol. The van der Waals surface area contributed by atoms with Gasteiger partial charge in [-0.3, -0.25) is 4.90 Å². The molecule has 0 atom stereocenters. The Labute approximate surface area is 66.7 Å². The molecule has 0 spiro atoms. The summed E-state index contributed by atoms with van der Waals surface area (Å²) in [6.45, 7) is 8.75. The molecule has 0 aromatic rings. The Balaban J connectivity index is 4.09. The quantitative estimate of drug-likeness (QED) is 0.570. The molecule has 0 radical (unpaired) electrons. The molecule has 0 saturated carbocycles. The van der Waals surface area contributed by atoms with Gasteiger partial charge in [0.05, 0.1) is 0 Å². The minimum Gasteiger partial charge on any atom is -0.276 e. The number of hydrogen-bond acceptors (Lipinski definition) is 1. The molecule has 0 aromatic heterocycles. The molecule has 0 N–H and O–H groups in total. The Hall–Kier alpha value is -1.38. The highest BCUT2D eigenvalue weighted by Gasteiger charge is 2.00. The molecule has 60 valence electrons. The summed E-state index contributed by atoms with van der Waals surface area (Å²) >= 11 is 0. The monoisotopic (exact) mass is 152 g/mol. The second-order valence-electron chi connectivity index (χ2n) is 1.77. The van der Waals surface area contributed by atoms with E-state index in [0.717, 1.165) is 6.42 Å². The highest BCUT2D eigenvalue weighted by atomic mass is 16.2. The lowest BCUT2D eigenvalue weighted by atomic mass is 10.5. The molecule has 0 fully saturated rings. The minimum absolute atomic E-state index is 0.364. The van der Waals surface area contributed by atoms with Gasteiger partial charge in [-0.25, -0.2) is 9.79 Å². The van der Waals surface area contributed by atoms with Gasteiger partial charge in [-0.2, -0.15) is 0 Å². The van der Waals surface area contributed by atoms with E-state index in [1.165, 1.54) is 17.3 Å². The molecule has 0 aliphatic rings. The molecule has 0 aliphatic carbocycles. The van der Waals surface area contributed by atoms with Crippen molar-refractivity contribution < 1.29 is 4.79 Å². The maximum Gasteiger partial charge on any atom is 0.351 e. The van der Waals surface area contributed by atoms with Crippen LogP contribution in [-0.2, 0) is 0 Å². The molecular formula is C8H12N2O. The summed E-state index contributed by atoms with van der Waals surface area (Å²) in [4.78, 5) is 15.8. The molecule has 11 heavy (non-hydrogen) atoms. The molecule has 0 bridgehead atoms. The third kappa shape index (κ3) is 3.35. The van der Waals surface area contributed by atoms with E-state index < -0.39 is 0 Å². The van der Waals surface area contributed by atoms with Crippen molar-refractivity contribution in [2.75, 3.05) is 0 Å². The van der Waals surface area contributed by atoms with Gasteiger partial charge in [0.25, 0.3) is 0 Å². The van der Waals surface area contributed by atoms with Crippen LogP contribution in [-0.4, -0.2) is 17.1 Å². The van der Waals surface area contributed by atoms with Gasteiger partial charge in [0, 0.05) is 18.6 Å². The van der Waals surface area contributed by atoms with Crippen molar-refractivity contribution in [3.8, 4) is 0 Å². The van der Waals surface area contributed by atoms with Crippen molar-refractivity contribution in [2.24, 2.45) is 4.99 Å². The molecule has 0 aliphatic heterocycles. The summed E-state index contributed by atoms with van der Waals surface area (Å²) in [5.74, 6) is 0. The topological polar surface area (TPSA) is 32.7 Å². The number of hydrogen-bond donors (Lipinski definition) is 0. The van der Waals surface area contributed by atoms with Crippen molar-refractivity contribution in [3.05, 3.63) is 25.6 Å². The number of carbonyl (C=O) groups excluding carboxylic acids is 1. The number of aliphatic imine (C=N–C) groups is 1. The fraction of sp³-hybridized carbons (Fsp3) is 0.250. The van der Waals surface area contributed by atoms with E-state index in [4.69, 9.17) is 0 Å². The number of carbonyl (C=O) groups is 1. The Morgan fingerprint density at radius 1 is 1.55 bits per heavy atom. The first-order chi connectivity index (χ1) is 5.26. The molecule has 0 rings (SSSR count). The van der Waals surface area contributed by atoms with Crippen molar-refractivity contribution in [2.45, 2.75) is 13.3 Å². The first kappa shape index (κ1) is 9.62. The van der Waals surface area contributed by atoms with Crippen LogP contribution < -0.4 is 0 Å². The van der Waals surface area contributed by atoms with E-state index in [9.17, 15) is 4.79 Å². The highest BCUT2D eigenvalue weighted by molar-refractivity contribution is 5.84. The van der Waals surface area contributed by atoms with E-state index in [1.807, 2.05) is 6.92 Å². The van der Waals surface area contributed by atoms with Crippen molar-refractivity contribution in [3.63, 3.8) is 0 Å². The van der Waals surface area contributed by atoms with Crippen LogP contribution in [0.15, 0.2) is 30.6 Å². The van der Waals surface area contributed by atoms with E-state index >= 15 is 0 Å². The van der Waals surface area contributed by atoms with Crippen LogP contribution in [0, 0.1) is 0 Å². The summed E-state index contributed by atoms with van der Waals surface area (Å²) in [5.41, 5.74) is 0. The van der Waals surface area contributed by atoms with Crippen molar-refractivity contribution >= 4 is 12.2 Å². The largest absolute Gasteiger partial charge is 0.351 e. The lowest BCUT2D eigenvalue weighted by Crippen LogP contribution is -2.14. The average molecular weight is 152 g/mol. The Kier molecular flexibility index (Phi) is 4.73. The Morgan fingerprint density at radius 2 is 2.09 bits per heavy atom. The second kappa shape index (κ2) is 5.41. The maximum atomic E-state index is 10.9. The first-order valence-corrected chi connectivity index (χ1v) is 3.36. The van der Waals surface area contributed by atoms with Crippen LogP contribution in [0.5, 0.6) is 0 Å². The van der Waals surface area contributed by atoms with Gasteiger partial charge >= 0.3 is 6.03 Å². The Morgan fingerprint density at radius 3 is 2.45 bits per heavy atom. The molecule has 0 saturated heterocycles. The number of amides is 2. The second-order valence-corrected chi connectivity index (χ2v) is 1.77. The SMILES string of the molecule is C=CN(C=C)C(=O)/N=C/CC. The van der Waals surface area contributed by atoms with Crippen LogP contribution in [0.25, 0.3) is 0 Å². The number of nitrogens with zero attached hydrogens (tertiary/aromatic N) is 2. The normalized spacial score (nSPS) is 9.55. The third-order valence-electron chi connectivity index (χ3n) is 0.999. The molecule has 3 nitrogen and oxygen atoms in total. The molecular weight excluding hydrogens is 140 g/mol. The third-order valence-corrected chi connectivity index (χ3v) is 0.999. The highest BCUT2D eigenvalue weighted by Crippen LogP contribution is 1.93. The van der Waals surface area contributed by atoms with Crippen LogP contribution in [0.2, 0.25) is 0 Å². The number of rotatable bonds is 3. The molecule has 0 heterocycles. The van der Waals surface area contributed by atoms with E-state index in [1.54, 1.807) is 6.21 Å². The fourth-order valence-electron chi connectivity index (χ4n) is 0.467. The van der Waals surface area contributed by atoms with Crippen LogP contribution in [0.1, 0.15) is 13.3 Å². The summed E-state index contributed by atoms with van der Waals surface area (Å²) in [6, 6.07) is -0.364. The Bertz CT molecular complexity index is 177. The number of urea groups is 1. The van der Waals surface area contributed by atoms with Crippen LogP contribution in [0.3, 0.4) is 0 Å². The summed E-state index contributed by atoms with van der Waals surface area (Å²) < 4.78 is 0. The van der Waals surface area contributed by atoms with Gasteiger partial charge in [-0.1, -0.05) is 20.1 Å². The van der Waals surface area contributed by atoms with Gasteiger partial charge < -0.3 is 0 Å². The van der Waals surface area contributed by atoms with E-state index in [-0.39, 0.29) is 6.03 Å².